The molecule has 2 heterocycles. The van der Waals surface area contributed by atoms with Gasteiger partial charge in [0, 0.05) is 5.38 Å². The van der Waals surface area contributed by atoms with Crippen LogP contribution in [0.25, 0.3) is 6.08 Å². The summed E-state index contributed by atoms with van der Waals surface area (Å²) in [6.07, 6.45) is 3.36. The molecule has 0 aliphatic rings. The molecule has 118 valence electrons. The first-order valence-corrected chi connectivity index (χ1v) is 8.91. The van der Waals surface area contributed by atoms with E-state index in [-0.39, 0.29) is 15.7 Å². The number of sulfone groups is 1. The van der Waals surface area contributed by atoms with E-state index >= 15 is 0 Å². The van der Waals surface area contributed by atoms with Crippen LogP contribution in [-0.4, -0.2) is 33.7 Å². The average molecular weight is 348 g/mol. The van der Waals surface area contributed by atoms with Crippen molar-refractivity contribution in [3.8, 4) is 0 Å². The van der Waals surface area contributed by atoms with E-state index in [9.17, 15) is 13.5 Å². The van der Waals surface area contributed by atoms with Crippen LogP contribution in [0.2, 0.25) is 0 Å². The molecule has 2 N–H and O–H groups in total. The molecule has 1 atom stereocenters. The molecule has 7 nitrogen and oxygen atoms in total. The number of aromatic nitrogens is 4. The first-order valence-electron chi connectivity index (χ1n) is 6.55. The minimum Gasteiger partial charge on any atom is -0.381 e. The molecule has 0 amide bonds. The second-order valence-corrected chi connectivity index (χ2v) is 7.29. The normalized spacial score (nSPS) is 13.4. The van der Waals surface area contributed by atoms with Gasteiger partial charge < -0.3 is 5.11 Å². The third-order valence-corrected chi connectivity index (χ3v) is 5.56. The van der Waals surface area contributed by atoms with Crippen molar-refractivity contribution in [1.29, 1.82) is 0 Å². The summed E-state index contributed by atoms with van der Waals surface area (Å²) >= 11 is 1.17. The number of benzene rings is 1. The topological polar surface area (TPSA) is 109 Å². The Morgan fingerprint density at radius 3 is 2.74 bits per heavy atom. The van der Waals surface area contributed by atoms with Crippen LogP contribution in [0.5, 0.6) is 0 Å². The Kier molecular flexibility index (Phi) is 4.33. The predicted octanol–water partition coefficient (Wildman–Crippen LogP) is 1.84. The van der Waals surface area contributed by atoms with Crippen LogP contribution < -0.4 is 0 Å². The molecule has 23 heavy (non-hydrogen) atoms. The highest BCUT2D eigenvalue weighted by molar-refractivity contribution is 7.91. The van der Waals surface area contributed by atoms with Gasteiger partial charge in [0.05, 0.1) is 4.90 Å². The number of nitrogens with zero attached hydrogens (tertiary/aromatic N) is 3. The third kappa shape index (κ3) is 3.36. The van der Waals surface area contributed by atoms with Crippen LogP contribution in [0.15, 0.2) is 58.0 Å². The second kappa shape index (κ2) is 6.41. The van der Waals surface area contributed by atoms with E-state index in [4.69, 9.17) is 0 Å². The maximum absolute atomic E-state index is 12.4. The Morgan fingerprint density at radius 1 is 1.26 bits per heavy atom. The van der Waals surface area contributed by atoms with E-state index < -0.39 is 15.9 Å². The summed E-state index contributed by atoms with van der Waals surface area (Å²) in [5, 5.41) is 18.0. The van der Waals surface area contributed by atoms with Crippen LogP contribution in [0.4, 0.5) is 0 Å². The fraction of sp³-hybridized carbons (Fsp3) is 0.0714. The highest BCUT2D eigenvalue weighted by Crippen LogP contribution is 2.23. The van der Waals surface area contributed by atoms with E-state index in [1.807, 2.05) is 0 Å². The molecule has 0 saturated carbocycles. The maximum atomic E-state index is 12.4. The van der Waals surface area contributed by atoms with Crippen LogP contribution in [0.3, 0.4) is 0 Å². The molecule has 0 saturated heterocycles. The maximum Gasteiger partial charge on any atom is 0.224 e. The summed E-state index contributed by atoms with van der Waals surface area (Å²) in [4.78, 5) is 8.12. The quantitative estimate of drug-likeness (QED) is 0.728. The number of thiazole rings is 1. The molecular formula is C14H12N4O3S2. The first kappa shape index (κ1) is 15.5. The number of aliphatic hydroxyl groups is 1. The average Bonchev–Trinajstić information content (AvgIpc) is 3.25. The van der Waals surface area contributed by atoms with E-state index in [0.717, 1.165) is 0 Å². The molecule has 9 heteroatoms. The van der Waals surface area contributed by atoms with Gasteiger partial charge in [-0.1, -0.05) is 18.2 Å². The highest BCUT2D eigenvalue weighted by Gasteiger charge is 2.20. The van der Waals surface area contributed by atoms with Crippen molar-refractivity contribution in [1.82, 2.24) is 20.2 Å². The number of nitrogens with one attached hydrogen (secondary N) is 1. The highest BCUT2D eigenvalue weighted by atomic mass is 32.2. The number of rotatable bonds is 5. The largest absolute Gasteiger partial charge is 0.381 e. The number of aliphatic hydroxyl groups excluding tert-OH is 1. The molecule has 3 aromatic rings. The van der Waals surface area contributed by atoms with Gasteiger partial charge in [0.1, 0.15) is 17.4 Å². The molecule has 0 spiro atoms. The van der Waals surface area contributed by atoms with Gasteiger partial charge in [-0.3, -0.25) is 5.10 Å². The fourth-order valence-electron chi connectivity index (χ4n) is 1.81. The van der Waals surface area contributed by atoms with E-state index in [2.05, 4.69) is 20.2 Å². The molecule has 1 unspecified atom stereocenters. The Morgan fingerprint density at radius 2 is 2.04 bits per heavy atom. The minimum atomic E-state index is -3.63. The lowest BCUT2D eigenvalue weighted by atomic mass is 10.3. The summed E-state index contributed by atoms with van der Waals surface area (Å²) in [7, 11) is -3.63. The van der Waals surface area contributed by atoms with Crippen molar-refractivity contribution < 1.29 is 13.5 Å². The zero-order valence-electron chi connectivity index (χ0n) is 11.7. The Balaban J connectivity index is 1.81. The lowest BCUT2D eigenvalue weighted by molar-refractivity contribution is 0.219. The Hall–Kier alpha value is -2.36. The second-order valence-electron chi connectivity index (χ2n) is 4.50. The van der Waals surface area contributed by atoms with Crippen molar-refractivity contribution in [3.63, 3.8) is 0 Å². The standard InChI is InChI=1S/C14H12N4O3S2/c19-11(14-15-9-16-18-14)6-7-12-17-13(8-22-12)23(20,21)10-4-2-1-3-5-10/h1-9,11,19H,(H,15,16,18). The first-order chi connectivity index (χ1) is 11.1. The monoisotopic (exact) mass is 348 g/mol. The summed E-state index contributed by atoms with van der Waals surface area (Å²) in [6.45, 7) is 0. The minimum absolute atomic E-state index is 0.0132. The van der Waals surface area contributed by atoms with Gasteiger partial charge in [0.25, 0.3) is 0 Å². The molecule has 2 aromatic heterocycles. The molecule has 0 bridgehead atoms. The van der Waals surface area contributed by atoms with Gasteiger partial charge in [0.2, 0.25) is 9.84 Å². The van der Waals surface area contributed by atoms with Crippen molar-refractivity contribution in [2.75, 3.05) is 0 Å². The summed E-state index contributed by atoms with van der Waals surface area (Å²) in [6, 6.07) is 8.12. The summed E-state index contributed by atoms with van der Waals surface area (Å²) < 4.78 is 24.8. The number of H-pyrrole nitrogens is 1. The zero-order valence-corrected chi connectivity index (χ0v) is 13.3. The van der Waals surface area contributed by atoms with Gasteiger partial charge in [-0.15, -0.1) is 11.3 Å². The van der Waals surface area contributed by atoms with Gasteiger partial charge in [-0.05, 0) is 24.3 Å². The Labute approximate surface area is 136 Å². The molecule has 0 radical (unpaired) electrons. The van der Waals surface area contributed by atoms with Crippen molar-refractivity contribution >= 4 is 27.3 Å². The molecule has 0 aliphatic heterocycles. The van der Waals surface area contributed by atoms with Crippen LogP contribution in [0, 0.1) is 0 Å². The van der Waals surface area contributed by atoms with Crippen molar-refractivity contribution in [3.05, 3.63) is 58.9 Å². The van der Waals surface area contributed by atoms with Gasteiger partial charge >= 0.3 is 0 Å². The lowest BCUT2D eigenvalue weighted by Crippen LogP contribution is -2.02. The lowest BCUT2D eigenvalue weighted by Gasteiger charge is -1.99. The van der Waals surface area contributed by atoms with E-state index in [0.29, 0.717) is 5.01 Å². The van der Waals surface area contributed by atoms with Crippen LogP contribution >= 0.6 is 11.3 Å². The molecular weight excluding hydrogens is 336 g/mol. The predicted molar refractivity (Wildman–Crippen MR) is 84.4 cm³/mol. The molecule has 3 rings (SSSR count). The van der Waals surface area contributed by atoms with Gasteiger partial charge in [0.15, 0.2) is 10.9 Å². The SMILES string of the molecule is O=S(=O)(c1ccccc1)c1csc(C=CC(O)c2nc[nH]n2)n1. The van der Waals surface area contributed by atoms with Crippen molar-refractivity contribution in [2.24, 2.45) is 0 Å². The number of hydrogen-bond donors (Lipinski definition) is 2. The molecule has 0 fully saturated rings. The smallest absolute Gasteiger partial charge is 0.224 e. The third-order valence-electron chi connectivity index (χ3n) is 2.95. The van der Waals surface area contributed by atoms with Gasteiger partial charge in [-0.2, -0.15) is 5.10 Å². The fourth-order valence-corrected chi connectivity index (χ4v) is 4.08. The molecule has 1 aromatic carbocycles. The van der Waals surface area contributed by atoms with E-state index in [1.165, 1.54) is 47.3 Å². The summed E-state index contributed by atoms with van der Waals surface area (Å²) in [5.74, 6) is 0.231. The van der Waals surface area contributed by atoms with Crippen LogP contribution in [0.1, 0.15) is 16.9 Å². The summed E-state index contributed by atoms with van der Waals surface area (Å²) in [5.41, 5.74) is 0. The van der Waals surface area contributed by atoms with E-state index in [1.54, 1.807) is 18.2 Å². The zero-order chi connectivity index (χ0) is 16.3. The Bertz CT molecular complexity index is 903. The van der Waals surface area contributed by atoms with Crippen molar-refractivity contribution in [2.45, 2.75) is 16.0 Å². The number of hydrogen-bond acceptors (Lipinski definition) is 7. The molecule has 0 aliphatic carbocycles. The van der Waals surface area contributed by atoms with Crippen LogP contribution in [-0.2, 0) is 9.84 Å². The van der Waals surface area contributed by atoms with Gasteiger partial charge in [-0.25, -0.2) is 18.4 Å². The number of aromatic amines is 1.